The molecule has 2 heterocycles. The molecule has 1 fully saturated rings. The number of nitrogens with one attached hydrogen (secondary N) is 1. The van der Waals surface area contributed by atoms with Crippen LogP contribution in [-0.2, 0) is 0 Å². The fraction of sp³-hybridized carbons (Fsp3) is 0.450. The second-order valence-electron chi connectivity index (χ2n) is 6.97. The molecule has 0 saturated carbocycles. The summed E-state index contributed by atoms with van der Waals surface area (Å²) in [4.78, 5) is 26.3. The lowest BCUT2D eigenvalue weighted by molar-refractivity contribution is 0.102. The number of nitrogens with zero attached hydrogens (tertiary/aromatic N) is 4. The van der Waals surface area contributed by atoms with E-state index >= 15 is 0 Å². The number of anilines is 2. The Hall–Kier alpha value is -2.18. The standard InChI is InChI=1S/C20H26ClN5O/c1-5-25-6-8-26(9-7-25)18-12-17(22-15(4)23-18)20(27)24-19-14(3)10-13(2)11-16(19)21/h10-12H,5-9H2,1-4H3,(H,24,27). The molecule has 0 bridgehead atoms. The zero-order valence-corrected chi connectivity index (χ0v) is 17.1. The van der Waals surface area contributed by atoms with E-state index in [9.17, 15) is 4.79 Å². The molecule has 27 heavy (non-hydrogen) atoms. The topological polar surface area (TPSA) is 61.4 Å². The number of carbonyl (C=O) groups is 1. The number of piperazine rings is 1. The molecule has 2 aromatic rings. The first kappa shape index (κ1) is 19.6. The highest BCUT2D eigenvalue weighted by Crippen LogP contribution is 2.28. The SMILES string of the molecule is CCN1CCN(c2cc(C(=O)Nc3c(C)cc(C)cc3Cl)nc(C)n2)CC1. The van der Waals surface area contributed by atoms with E-state index in [4.69, 9.17) is 11.6 Å². The summed E-state index contributed by atoms with van der Waals surface area (Å²) in [5.74, 6) is 1.11. The Balaban J connectivity index is 1.81. The number of amides is 1. The zero-order valence-electron chi connectivity index (χ0n) is 16.3. The van der Waals surface area contributed by atoms with Gasteiger partial charge in [-0.2, -0.15) is 0 Å². The summed E-state index contributed by atoms with van der Waals surface area (Å²) in [7, 11) is 0. The van der Waals surface area contributed by atoms with E-state index < -0.39 is 0 Å². The predicted octanol–water partition coefficient (Wildman–Crippen LogP) is 3.45. The highest BCUT2D eigenvalue weighted by Gasteiger charge is 2.20. The normalized spacial score (nSPS) is 15.1. The molecular weight excluding hydrogens is 362 g/mol. The number of hydrogen-bond donors (Lipinski definition) is 1. The van der Waals surface area contributed by atoms with Crippen molar-refractivity contribution < 1.29 is 4.79 Å². The summed E-state index contributed by atoms with van der Waals surface area (Å²) in [6, 6.07) is 5.60. The van der Waals surface area contributed by atoms with Crippen LogP contribution in [0.25, 0.3) is 0 Å². The maximum Gasteiger partial charge on any atom is 0.274 e. The van der Waals surface area contributed by atoms with E-state index in [2.05, 4.69) is 32.0 Å². The average molecular weight is 388 g/mol. The van der Waals surface area contributed by atoms with Crippen molar-refractivity contribution in [3.05, 3.63) is 45.9 Å². The van der Waals surface area contributed by atoms with Crippen LogP contribution in [0.3, 0.4) is 0 Å². The van der Waals surface area contributed by atoms with Crippen LogP contribution in [0.1, 0.15) is 34.4 Å². The highest BCUT2D eigenvalue weighted by atomic mass is 35.5. The molecule has 1 N–H and O–H groups in total. The van der Waals surface area contributed by atoms with Crippen LogP contribution in [0.5, 0.6) is 0 Å². The predicted molar refractivity (Wildman–Crippen MR) is 110 cm³/mol. The highest BCUT2D eigenvalue weighted by molar-refractivity contribution is 6.34. The van der Waals surface area contributed by atoms with Gasteiger partial charge >= 0.3 is 0 Å². The third-order valence-electron chi connectivity index (χ3n) is 4.87. The molecular formula is C20H26ClN5O. The first-order valence-electron chi connectivity index (χ1n) is 9.28. The smallest absolute Gasteiger partial charge is 0.274 e. The summed E-state index contributed by atoms with van der Waals surface area (Å²) in [6.07, 6.45) is 0. The average Bonchev–Trinajstić information content (AvgIpc) is 2.64. The third-order valence-corrected chi connectivity index (χ3v) is 5.17. The molecule has 144 valence electrons. The number of likely N-dealkylation sites (N-methyl/N-ethyl adjacent to an activating group) is 1. The van der Waals surface area contributed by atoms with E-state index in [1.807, 2.05) is 32.9 Å². The summed E-state index contributed by atoms with van der Waals surface area (Å²) in [5.41, 5.74) is 2.96. The van der Waals surface area contributed by atoms with Crippen LogP contribution in [0, 0.1) is 20.8 Å². The molecule has 1 amide bonds. The molecule has 1 aromatic heterocycles. The summed E-state index contributed by atoms with van der Waals surface area (Å²) in [5, 5.41) is 3.44. The zero-order chi connectivity index (χ0) is 19.6. The number of benzene rings is 1. The van der Waals surface area contributed by atoms with Crippen molar-refractivity contribution in [2.24, 2.45) is 0 Å². The Morgan fingerprint density at radius 2 is 1.81 bits per heavy atom. The van der Waals surface area contributed by atoms with Gasteiger partial charge in [0.2, 0.25) is 0 Å². The van der Waals surface area contributed by atoms with Gasteiger partial charge < -0.3 is 15.1 Å². The number of halogens is 1. The van der Waals surface area contributed by atoms with Crippen LogP contribution >= 0.6 is 11.6 Å². The van der Waals surface area contributed by atoms with Gasteiger partial charge in [-0.1, -0.05) is 24.6 Å². The Labute approximate surface area is 165 Å². The van der Waals surface area contributed by atoms with E-state index in [1.54, 1.807) is 6.07 Å². The van der Waals surface area contributed by atoms with Crippen molar-refractivity contribution in [1.82, 2.24) is 14.9 Å². The number of carbonyl (C=O) groups excluding carboxylic acids is 1. The Morgan fingerprint density at radius 3 is 2.44 bits per heavy atom. The minimum atomic E-state index is -0.275. The Bertz CT molecular complexity index is 823. The van der Waals surface area contributed by atoms with Gasteiger partial charge in [0.25, 0.3) is 5.91 Å². The minimum absolute atomic E-state index is 0.275. The van der Waals surface area contributed by atoms with E-state index in [-0.39, 0.29) is 5.91 Å². The molecule has 0 aliphatic carbocycles. The van der Waals surface area contributed by atoms with E-state index in [0.717, 1.165) is 49.7 Å². The first-order chi connectivity index (χ1) is 12.9. The lowest BCUT2D eigenvalue weighted by atomic mass is 10.1. The number of rotatable bonds is 4. The molecule has 1 aliphatic rings. The first-order valence-corrected chi connectivity index (χ1v) is 9.66. The maximum absolute atomic E-state index is 12.8. The molecule has 0 unspecified atom stereocenters. The lowest BCUT2D eigenvalue weighted by Crippen LogP contribution is -2.46. The van der Waals surface area contributed by atoms with E-state index in [1.165, 1.54) is 0 Å². The van der Waals surface area contributed by atoms with Gasteiger partial charge in [0.1, 0.15) is 17.3 Å². The van der Waals surface area contributed by atoms with Crippen molar-refractivity contribution in [3.8, 4) is 0 Å². The lowest BCUT2D eigenvalue weighted by Gasteiger charge is -2.34. The number of aromatic nitrogens is 2. The molecule has 0 spiro atoms. The van der Waals surface area contributed by atoms with Crippen molar-refractivity contribution in [2.45, 2.75) is 27.7 Å². The van der Waals surface area contributed by atoms with Crippen LogP contribution in [0.4, 0.5) is 11.5 Å². The van der Waals surface area contributed by atoms with E-state index in [0.29, 0.717) is 22.2 Å². The van der Waals surface area contributed by atoms with Crippen LogP contribution in [0.2, 0.25) is 5.02 Å². The Morgan fingerprint density at radius 1 is 1.11 bits per heavy atom. The molecule has 1 aromatic carbocycles. The van der Waals surface area contributed by atoms with Crippen LogP contribution in [0.15, 0.2) is 18.2 Å². The number of aryl methyl sites for hydroxylation is 3. The van der Waals surface area contributed by atoms with Crippen LogP contribution < -0.4 is 10.2 Å². The summed E-state index contributed by atoms with van der Waals surface area (Å²) < 4.78 is 0. The fourth-order valence-electron chi connectivity index (χ4n) is 3.38. The minimum Gasteiger partial charge on any atom is -0.354 e. The quantitative estimate of drug-likeness (QED) is 0.870. The van der Waals surface area contributed by atoms with Crippen molar-refractivity contribution >= 4 is 29.0 Å². The van der Waals surface area contributed by atoms with Crippen molar-refractivity contribution in [1.29, 1.82) is 0 Å². The van der Waals surface area contributed by atoms with Gasteiger partial charge in [0, 0.05) is 32.2 Å². The monoisotopic (exact) mass is 387 g/mol. The third kappa shape index (κ3) is 4.57. The van der Waals surface area contributed by atoms with Crippen molar-refractivity contribution in [2.75, 3.05) is 42.9 Å². The van der Waals surface area contributed by atoms with Crippen molar-refractivity contribution in [3.63, 3.8) is 0 Å². The number of hydrogen-bond acceptors (Lipinski definition) is 5. The van der Waals surface area contributed by atoms with Gasteiger partial charge in [0.05, 0.1) is 10.7 Å². The van der Waals surface area contributed by atoms with Gasteiger partial charge in [-0.25, -0.2) is 9.97 Å². The molecule has 3 rings (SSSR count). The summed E-state index contributed by atoms with van der Waals surface area (Å²) >= 11 is 6.32. The molecule has 7 heteroatoms. The molecule has 1 aliphatic heterocycles. The second kappa shape index (κ2) is 8.23. The Kier molecular flexibility index (Phi) is 5.97. The fourth-order valence-corrected chi connectivity index (χ4v) is 3.74. The van der Waals surface area contributed by atoms with Gasteiger partial charge in [-0.05, 0) is 44.5 Å². The molecule has 6 nitrogen and oxygen atoms in total. The summed E-state index contributed by atoms with van der Waals surface area (Å²) in [6.45, 7) is 12.7. The largest absolute Gasteiger partial charge is 0.354 e. The van der Waals surface area contributed by atoms with Gasteiger partial charge in [0.15, 0.2) is 0 Å². The van der Waals surface area contributed by atoms with Crippen LogP contribution in [-0.4, -0.2) is 53.5 Å². The maximum atomic E-state index is 12.8. The molecule has 1 saturated heterocycles. The molecule has 0 radical (unpaired) electrons. The second-order valence-corrected chi connectivity index (χ2v) is 7.38. The van der Waals surface area contributed by atoms with Gasteiger partial charge in [-0.3, -0.25) is 4.79 Å². The molecule has 0 atom stereocenters. The van der Waals surface area contributed by atoms with Gasteiger partial charge in [-0.15, -0.1) is 0 Å².